The number of piperidine rings is 1. The summed E-state index contributed by atoms with van der Waals surface area (Å²) in [5, 5.41) is 0. The molecule has 1 amide bonds. The largest absolute Gasteiger partial charge is 0.368 e. The highest BCUT2D eigenvalue weighted by atomic mass is 16.1. The fraction of sp³-hybridized carbons (Fsp3) is 0.929. The molecule has 1 saturated heterocycles. The lowest BCUT2D eigenvalue weighted by molar-refractivity contribution is -0.124. The van der Waals surface area contributed by atoms with Gasteiger partial charge in [0, 0.05) is 0 Å². The van der Waals surface area contributed by atoms with E-state index in [1.54, 1.807) is 0 Å². The SMILES string of the molecule is CCCCCCCCN1CCCCC1C(N)=O. The highest BCUT2D eigenvalue weighted by Crippen LogP contribution is 2.17. The highest BCUT2D eigenvalue weighted by molar-refractivity contribution is 5.79. The number of hydrogen-bond donors (Lipinski definition) is 1. The van der Waals surface area contributed by atoms with Crippen LogP contribution in [0.25, 0.3) is 0 Å². The van der Waals surface area contributed by atoms with Crippen molar-refractivity contribution in [2.75, 3.05) is 13.1 Å². The van der Waals surface area contributed by atoms with E-state index in [1.807, 2.05) is 0 Å². The van der Waals surface area contributed by atoms with E-state index in [0.29, 0.717) is 0 Å². The number of primary amides is 1. The molecular weight excluding hydrogens is 212 g/mol. The number of amides is 1. The predicted octanol–water partition coefficient (Wildman–Crippen LogP) is 2.69. The summed E-state index contributed by atoms with van der Waals surface area (Å²) >= 11 is 0. The summed E-state index contributed by atoms with van der Waals surface area (Å²) in [4.78, 5) is 13.6. The van der Waals surface area contributed by atoms with Crippen molar-refractivity contribution in [1.82, 2.24) is 4.90 Å². The van der Waals surface area contributed by atoms with Gasteiger partial charge in [-0.2, -0.15) is 0 Å². The van der Waals surface area contributed by atoms with Gasteiger partial charge in [-0.25, -0.2) is 0 Å². The number of carbonyl (C=O) groups is 1. The lowest BCUT2D eigenvalue weighted by Crippen LogP contribution is -2.47. The molecule has 1 atom stereocenters. The number of hydrogen-bond acceptors (Lipinski definition) is 2. The number of rotatable bonds is 8. The van der Waals surface area contributed by atoms with Gasteiger partial charge in [-0.1, -0.05) is 45.4 Å². The summed E-state index contributed by atoms with van der Waals surface area (Å²) in [6, 6.07) is 0.0133. The van der Waals surface area contributed by atoms with Gasteiger partial charge in [0.25, 0.3) is 0 Å². The van der Waals surface area contributed by atoms with Crippen molar-refractivity contribution in [3.05, 3.63) is 0 Å². The molecule has 1 fully saturated rings. The average molecular weight is 240 g/mol. The first-order chi connectivity index (χ1) is 8.25. The van der Waals surface area contributed by atoms with E-state index in [1.165, 1.54) is 44.9 Å². The van der Waals surface area contributed by atoms with Crippen LogP contribution < -0.4 is 5.73 Å². The van der Waals surface area contributed by atoms with Crippen LogP contribution in [0.3, 0.4) is 0 Å². The maximum Gasteiger partial charge on any atom is 0.234 e. The van der Waals surface area contributed by atoms with Crippen LogP contribution in [0.4, 0.5) is 0 Å². The second kappa shape index (κ2) is 8.51. The minimum atomic E-state index is -0.129. The van der Waals surface area contributed by atoms with Gasteiger partial charge in [0.05, 0.1) is 6.04 Å². The Morgan fingerprint density at radius 2 is 1.88 bits per heavy atom. The molecule has 0 spiro atoms. The predicted molar refractivity (Wildman–Crippen MR) is 71.8 cm³/mol. The summed E-state index contributed by atoms with van der Waals surface area (Å²) in [7, 11) is 0. The van der Waals surface area contributed by atoms with Crippen molar-refractivity contribution in [2.45, 2.75) is 70.8 Å². The van der Waals surface area contributed by atoms with Gasteiger partial charge in [0.2, 0.25) is 5.91 Å². The van der Waals surface area contributed by atoms with Gasteiger partial charge in [-0.05, 0) is 32.4 Å². The normalized spacial score (nSPS) is 21.6. The third-order valence-electron chi connectivity index (χ3n) is 3.74. The molecule has 3 nitrogen and oxygen atoms in total. The third-order valence-corrected chi connectivity index (χ3v) is 3.74. The van der Waals surface area contributed by atoms with Crippen molar-refractivity contribution >= 4 is 5.91 Å². The van der Waals surface area contributed by atoms with Crippen LogP contribution in [0, 0.1) is 0 Å². The molecule has 0 bridgehead atoms. The minimum absolute atomic E-state index is 0.0133. The summed E-state index contributed by atoms with van der Waals surface area (Å²) < 4.78 is 0. The fourth-order valence-electron chi connectivity index (χ4n) is 2.68. The molecule has 0 saturated carbocycles. The Hall–Kier alpha value is -0.570. The molecule has 1 rings (SSSR count). The van der Waals surface area contributed by atoms with Crippen LogP contribution >= 0.6 is 0 Å². The Morgan fingerprint density at radius 1 is 1.18 bits per heavy atom. The van der Waals surface area contributed by atoms with Crippen molar-refractivity contribution in [1.29, 1.82) is 0 Å². The quantitative estimate of drug-likeness (QED) is 0.663. The first-order valence-corrected chi connectivity index (χ1v) is 7.29. The number of nitrogens with two attached hydrogens (primary N) is 1. The molecule has 0 aliphatic carbocycles. The Balaban J connectivity index is 2.13. The van der Waals surface area contributed by atoms with Gasteiger partial charge in [0.1, 0.15) is 0 Å². The van der Waals surface area contributed by atoms with Gasteiger partial charge in [0.15, 0.2) is 0 Å². The molecule has 3 heteroatoms. The number of likely N-dealkylation sites (tertiary alicyclic amines) is 1. The summed E-state index contributed by atoms with van der Waals surface area (Å²) in [6.07, 6.45) is 11.2. The molecule has 1 unspecified atom stereocenters. The van der Waals surface area contributed by atoms with E-state index in [-0.39, 0.29) is 11.9 Å². The molecule has 1 aliphatic heterocycles. The number of carbonyl (C=O) groups excluding carboxylic acids is 1. The van der Waals surface area contributed by atoms with Crippen molar-refractivity contribution in [3.63, 3.8) is 0 Å². The van der Waals surface area contributed by atoms with Crippen molar-refractivity contribution < 1.29 is 4.79 Å². The van der Waals surface area contributed by atoms with E-state index in [9.17, 15) is 4.79 Å². The topological polar surface area (TPSA) is 46.3 Å². The zero-order valence-electron chi connectivity index (χ0n) is 11.3. The number of unbranched alkanes of at least 4 members (excludes halogenated alkanes) is 5. The van der Waals surface area contributed by atoms with Gasteiger partial charge in [-0.3, -0.25) is 9.69 Å². The van der Waals surface area contributed by atoms with Gasteiger partial charge < -0.3 is 5.73 Å². The molecule has 2 N–H and O–H groups in total. The van der Waals surface area contributed by atoms with Crippen molar-refractivity contribution in [3.8, 4) is 0 Å². The standard InChI is InChI=1S/C14H28N2O/c1-2-3-4-5-6-8-11-16-12-9-7-10-13(16)14(15)17/h13H,2-12H2,1H3,(H2,15,17). The molecule has 17 heavy (non-hydrogen) atoms. The molecule has 1 aliphatic rings. The summed E-state index contributed by atoms with van der Waals surface area (Å²) in [6.45, 7) is 4.35. The first-order valence-electron chi connectivity index (χ1n) is 7.29. The zero-order chi connectivity index (χ0) is 12.5. The van der Waals surface area contributed by atoms with E-state index in [0.717, 1.165) is 25.9 Å². The van der Waals surface area contributed by atoms with Crippen LogP contribution in [0.2, 0.25) is 0 Å². The fourth-order valence-corrected chi connectivity index (χ4v) is 2.68. The monoisotopic (exact) mass is 240 g/mol. The Kier molecular flexibility index (Phi) is 7.25. The van der Waals surface area contributed by atoms with E-state index in [2.05, 4.69) is 11.8 Å². The average Bonchev–Trinajstić information content (AvgIpc) is 2.34. The summed E-state index contributed by atoms with van der Waals surface area (Å²) in [5.41, 5.74) is 5.45. The second-order valence-electron chi connectivity index (χ2n) is 5.22. The lowest BCUT2D eigenvalue weighted by Gasteiger charge is -2.33. The molecule has 0 aromatic heterocycles. The maximum absolute atomic E-state index is 11.3. The Labute approximate surface area is 106 Å². The van der Waals surface area contributed by atoms with Crippen LogP contribution in [-0.4, -0.2) is 29.9 Å². The summed E-state index contributed by atoms with van der Waals surface area (Å²) in [5.74, 6) is -0.129. The smallest absolute Gasteiger partial charge is 0.234 e. The van der Waals surface area contributed by atoms with Crippen LogP contribution in [0.15, 0.2) is 0 Å². The molecule has 0 radical (unpaired) electrons. The Morgan fingerprint density at radius 3 is 2.59 bits per heavy atom. The zero-order valence-corrected chi connectivity index (χ0v) is 11.3. The van der Waals surface area contributed by atoms with Crippen LogP contribution in [-0.2, 0) is 4.79 Å². The maximum atomic E-state index is 11.3. The van der Waals surface area contributed by atoms with Crippen molar-refractivity contribution in [2.24, 2.45) is 5.73 Å². The molecule has 0 aromatic rings. The number of nitrogens with zero attached hydrogens (tertiary/aromatic N) is 1. The molecular formula is C14H28N2O. The second-order valence-corrected chi connectivity index (χ2v) is 5.22. The molecule has 100 valence electrons. The third kappa shape index (κ3) is 5.53. The van der Waals surface area contributed by atoms with Gasteiger partial charge in [-0.15, -0.1) is 0 Å². The highest BCUT2D eigenvalue weighted by Gasteiger charge is 2.25. The minimum Gasteiger partial charge on any atom is -0.368 e. The van der Waals surface area contributed by atoms with Gasteiger partial charge >= 0.3 is 0 Å². The van der Waals surface area contributed by atoms with E-state index in [4.69, 9.17) is 5.73 Å². The molecule has 0 aromatic carbocycles. The first kappa shape index (κ1) is 14.5. The molecule has 1 heterocycles. The van der Waals surface area contributed by atoms with E-state index >= 15 is 0 Å². The van der Waals surface area contributed by atoms with Crippen LogP contribution in [0.1, 0.15) is 64.7 Å². The van der Waals surface area contributed by atoms with Crippen LogP contribution in [0.5, 0.6) is 0 Å². The van der Waals surface area contributed by atoms with E-state index < -0.39 is 0 Å². The Bertz CT molecular complexity index is 218. The lowest BCUT2D eigenvalue weighted by atomic mass is 10.0.